The minimum Gasteiger partial charge on any atom is -0.378 e. The number of anilines is 3. The van der Waals surface area contributed by atoms with Gasteiger partial charge in [0.2, 0.25) is 0 Å². The van der Waals surface area contributed by atoms with E-state index in [4.69, 9.17) is 5.10 Å². The summed E-state index contributed by atoms with van der Waals surface area (Å²) in [5, 5.41) is 8.18. The van der Waals surface area contributed by atoms with Crippen molar-refractivity contribution in [2.75, 3.05) is 24.3 Å². The van der Waals surface area contributed by atoms with E-state index < -0.39 is 0 Å². The fraction of sp³-hybridized carbons (Fsp3) is 0.292. The Balaban J connectivity index is 1.69. The molecule has 0 aliphatic heterocycles. The van der Waals surface area contributed by atoms with Crippen molar-refractivity contribution in [3.8, 4) is 11.4 Å². The van der Waals surface area contributed by atoms with Gasteiger partial charge in [-0.1, -0.05) is 45.0 Å². The van der Waals surface area contributed by atoms with Crippen LogP contribution in [0.4, 0.5) is 17.2 Å². The summed E-state index contributed by atoms with van der Waals surface area (Å²) in [7, 11) is 4.06. The lowest BCUT2D eigenvalue weighted by atomic mass is 9.87. The summed E-state index contributed by atoms with van der Waals surface area (Å²) in [6.07, 6.45) is 0. The van der Waals surface area contributed by atoms with Crippen molar-refractivity contribution in [2.24, 2.45) is 0 Å². The first-order chi connectivity index (χ1) is 14.2. The Hall–Kier alpha value is -3.41. The van der Waals surface area contributed by atoms with Crippen molar-refractivity contribution in [3.05, 3.63) is 65.9 Å². The molecule has 0 saturated carbocycles. The summed E-state index contributed by atoms with van der Waals surface area (Å²) >= 11 is 0. The molecule has 0 saturated heterocycles. The van der Waals surface area contributed by atoms with Gasteiger partial charge in [-0.15, -0.1) is 5.10 Å². The fourth-order valence-electron chi connectivity index (χ4n) is 3.31. The molecule has 0 atom stereocenters. The quantitative estimate of drug-likeness (QED) is 0.510. The first kappa shape index (κ1) is 19.9. The van der Waals surface area contributed by atoms with Crippen molar-refractivity contribution in [3.63, 3.8) is 0 Å². The summed E-state index contributed by atoms with van der Waals surface area (Å²) in [5.41, 5.74) is 5.40. The molecule has 0 radical (unpaired) electrons. The zero-order valence-corrected chi connectivity index (χ0v) is 18.4. The van der Waals surface area contributed by atoms with Gasteiger partial charge in [-0.25, -0.2) is 4.98 Å². The summed E-state index contributed by atoms with van der Waals surface area (Å²) in [4.78, 5) is 11.3. The van der Waals surface area contributed by atoms with Crippen molar-refractivity contribution >= 4 is 23.0 Å². The number of rotatable bonds is 4. The largest absolute Gasteiger partial charge is 0.378 e. The molecule has 2 aromatic heterocycles. The molecule has 0 spiro atoms. The van der Waals surface area contributed by atoms with Crippen LogP contribution in [0, 0.1) is 6.92 Å². The average Bonchev–Trinajstić information content (AvgIpc) is 3.12. The lowest BCUT2D eigenvalue weighted by Crippen LogP contribution is -2.10. The topological polar surface area (TPSA) is 58.4 Å². The molecular weight excluding hydrogens is 372 g/mol. The zero-order valence-electron chi connectivity index (χ0n) is 18.4. The highest BCUT2D eigenvalue weighted by molar-refractivity contribution is 5.64. The Labute approximate surface area is 177 Å². The van der Waals surface area contributed by atoms with Crippen LogP contribution >= 0.6 is 0 Å². The molecule has 6 nitrogen and oxygen atoms in total. The van der Waals surface area contributed by atoms with Gasteiger partial charge >= 0.3 is 0 Å². The van der Waals surface area contributed by atoms with Gasteiger partial charge < -0.3 is 10.2 Å². The van der Waals surface area contributed by atoms with E-state index in [0.717, 1.165) is 28.5 Å². The number of fused-ring (bicyclic) bond motifs is 1. The number of nitrogens with one attached hydrogen (secondary N) is 1. The standard InChI is InChI=1S/C24H28N6/c1-16-15-21(26-19-11-13-20(14-12-19)29(5)6)30-23(25-16)27-22(28-30)17-7-9-18(10-8-17)24(2,3)4/h7-15,26H,1-6H3. The summed E-state index contributed by atoms with van der Waals surface area (Å²) in [5.74, 6) is 2.08. The minimum atomic E-state index is 0.114. The van der Waals surface area contributed by atoms with E-state index in [1.807, 2.05) is 27.1 Å². The van der Waals surface area contributed by atoms with Crippen LogP contribution in [0.15, 0.2) is 54.6 Å². The second-order valence-electron chi connectivity index (χ2n) is 8.82. The molecule has 4 rings (SSSR count). The maximum Gasteiger partial charge on any atom is 0.254 e. The minimum absolute atomic E-state index is 0.114. The highest BCUT2D eigenvalue weighted by Gasteiger charge is 2.15. The first-order valence-corrected chi connectivity index (χ1v) is 10.1. The lowest BCUT2D eigenvalue weighted by molar-refractivity contribution is 0.590. The average molecular weight is 401 g/mol. The highest BCUT2D eigenvalue weighted by Crippen LogP contribution is 2.26. The molecular formula is C24H28N6. The Morgan fingerprint density at radius 1 is 0.900 bits per heavy atom. The molecule has 0 bridgehead atoms. The van der Waals surface area contributed by atoms with Crippen LogP contribution in [-0.2, 0) is 5.41 Å². The van der Waals surface area contributed by atoms with Gasteiger partial charge in [0.1, 0.15) is 5.82 Å². The molecule has 2 heterocycles. The SMILES string of the molecule is Cc1cc(Nc2ccc(N(C)C)cc2)n2nc(-c3ccc(C(C)(C)C)cc3)nc2n1. The molecule has 0 aliphatic rings. The van der Waals surface area contributed by atoms with Gasteiger partial charge in [0.15, 0.2) is 5.82 Å². The van der Waals surface area contributed by atoms with Crippen LogP contribution in [0.5, 0.6) is 0 Å². The van der Waals surface area contributed by atoms with E-state index in [9.17, 15) is 0 Å². The monoisotopic (exact) mass is 400 g/mol. The van der Waals surface area contributed by atoms with Crippen LogP contribution in [-0.4, -0.2) is 33.7 Å². The maximum absolute atomic E-state index is 4.73. The highest BCUT2D eigenvalue weighted by atomic mass is 15.4. The third-order valence-electron chi connectivity index (χ3n) is 5.11. The Morgan fingerprint density at radius 2 is 1.57 bits per heavy atom. The molecule has 0 aliphatic carbocycles. The predicted molar refractivity (Wildman–Crippen MR) is 124 cm³/mol. The number of aryl methyl sites for hydroxylation is 1. The second-order valence-corrected chi connectivity index (χ2v) is 8.82. The van der Waals surface area contributed by atoms with Crippen LogP contribution in [0.3, 0.4) is 0 Å². The van der Waals surface area contributed by atoms with E-state index in [1.54, 1.807) is 4.52 Å². The van der Waals surface area contributed by atoms with Crippen LogP contribution < -0.4 is 10.2 Å². The van der Waals surface area contributed by atoms with Gasteiger partial charge in [0.05, 0.1) is 0 Å². The molecule has 6 heteroatoms. The molecule has 0 amide bonds. The Morgan fingerprint density at radius 3 is 2.17 bits per heavy atom. The van der Waals surface area contributed by atoms with E-state index in [1.165, 1.54) is 5.56 Å². The van der Waals surface area contributed by atoms with Crippen LogP contribution in [0.2, 0.25) is 0 Å². The molecule has 2 aromatic carbocycles. The van der Waals surface area contributed by atoms with Crippen molar-refractivity contribution < 1.29 is 0 Å². The number of aromatic nitrogens is 4. The Kier molecular flexibility index (Phi) is 4.94. The molecule has 154 valence electrons. The second kappa shape index (κ2) is 7.44. The first-order valence-electron chi connectivity index (χ1n) is 10.1. The van der Waals surface area contributed by atoms with Crippen molar-refractivity contribution in [1.82, 2.24) is 19.6 Å². The lowest BCUT2D eigenvalue weighted by Gasteiger charge is -2.18. The van der Waals surface area contributed by atoms with Gasteiger partial charge in [-0.05, 0) is 42.2 Å². The van der Waals surface area contributed by atoms with E-state index in [2.05, 4.69) is 89.5 Å². The van der Waals surface area contributed by atoms with E-state index >= 15 is 0 Å². The van der Waals surface area contributed by atoms with Crippen LogP contribution in [0.1, 0.15) is 32.0 Å². The number of nitrogens with zero attached hydrogens (tertiary/aromatic N) is 5. The van der Waals surface area contributed by atoms with E-state index in [-0.39, 0.29) is 5.41 Å². The van der Waals surface area contributed by atoms with Gasteiger partial charge in [-0.2, -0.15) is 9.50 Å². The summed E-state index contributed by atoms with van der Waals surface area (Å²) in [6, 6.07) is 18.7. The normalized spacial score (nSPS) is 11.7. The van der Waals surface area contributed by atoms with E-state index in [0.29, 0.717) is 11.6 Å². The molecule has 0 unspecified atom stereocenters. The number of benzene rings is 2. The Bertz CT molecular complexity index is 1170. The fourth-order valence-corrected chi connectivity index (χ4v) is 3.31. The summed E-state index contributed by atoms with van der Waals surface area (Å²) < 4.78 is 1.76. The maximum atomic E-state index is 4.73. The summed E-state index contributed by atoms with van der Waals surface area (Å²) in [6.45, 7) is 8.59. The molecule has 0 fully saturated rings. The van der Waals surface area contributed by atoms with Gasteiger partial charge in [0.25, 0.3) is 5.78 Å². The third kappa shape index (κ3) is 3.99. The molecule has 30 heavy (non-hydrogen) atoms. The number of hydrogen-bond acceptors (Lipinski definition) is 5. The predicted octanol–water partition coefficient (Wildman–Crippen LogP) is 5.21. The number of hydrogen-bond donors (Lipinski definition) is 1. The zero-order chi connectivity index (χ0) is 21.5. The smallest absolute Gasteiger partial charge is 0.254 e. The van der Waals surface area contributed by atoms with Crippen molar-refractivity contribution in [1.29, 1.82) is 0 Å². The van der Waals surface area contributed by atoms with Gasteiger partial charge in [0, 0.05) is 42.8 Å². The van der Waals surface area contributed by atoms with Crippen molar-refractivity contribution in [2.45, 2.75) is 33.1 Å². The molecule has 4 aromatic rings. The third-order valence-corrected chi connectivity index (χ3v) is 5.11. The van der Waals surface area contributed by atoms with Gasteiger partial charge in [-0.3, -0.25) is 0 Å². The van der Waals surface area contributed by atoms with Crippen LogP contribution in [0.25, 0.3) is 17.2 Å². The molecule has 1 N–H and O–H groups in total.